The number of halogens is 1. The molecule has 1 unspecified atom stereocenters. The molecule has 1 fully saturated rings. The van der Waals surface area contributed by atoms with Gasteiger partial charge in [-0.05, 0) is 24.6 Å². The number of likely N-dealkylation sites (N-methyl/N-ethyl adjacent to an activating group) is 1. The van der Waals surface area contributed by atoms with Crippen molar-refractivity contribution in [3.63, 3.8) is 0 Å². The Balaban J connectivity index is 2.23. The average molecular weight is 269 g/mol. The normalized spacial score (nSPS) is 19.2. The van der Waals surface area contributed by atoms with Crippen LogP contribution in [-0.4, -0.2) is 32.8 Å². The number of nitrogens with zero attached hydrogens (tertiary/aromatic N) is 1. The molecule has 18 heavy (non-hydrogen) atoms. The molecule has 1 heterocycles. The third kappa shape index (κ3) is 2.97. The Morgan fingerprint density at radius 1 is 1.50 bits per heavy atom. The number of ether oxygens (including phenoxy) is 1. The summed E-state index contributed by atoms with van der Waals surface area (Å²) >= 11 is 6.37. The molecule has 4 heteroatoms. The number of benzene rings is 1. The maximum absolute atomic E-state index is 6.37. The summed E-state index contributed by atoms with van der Waals surface area (Å²) in [6.45, 7) is 5.57. The van der Waals surface area contributed by atoms with E-state index in [1.54, 1.807) is 0 Å². The third-order valence-electron chi connectivity index (χ3n) is 3.44. The molecule has 100 valence electrons. The minimum atomic E-state index is 0.435. The molecule has 3 nitrogen and oxygen atoms in total. The van der Waals surface area contributed by atoms with E-state index in [9.17, 15) is 0 Å². The van der Waals surface area contributed by atoms with Gasteiger partial charge in [0, 0.05) is 20.2 Å². The smallest absolute Gasteiger partial charge is 0.0670 e. The maximum Gasteiger partial charge on any atom is 0.0670 e. The van der Waals surface area contributed by atoms with Crippen LogP contribution in [0.15, 0.2) is 18.2 Å². The van der Waals surface area contributed by atoms with Crippen molar-refractivity contribution in [2.45, 2.75) is 25.9 Å². The zero-order chi connectivity index (χ0) is 13.0. The van der Waals surface area contributed by atoms with E-state index in [1.165, 1.54) is 5.56 Å². The molecule has 1 aliphatic rings. The predicted octanol–water partition coefficient (Wildman–Crippen LogP) is 2.67. The number of anilines is 1. The van der Waals surface area contributed by atoms with Crippen LogP contribution in [0.1, 0.15) is 18.9 Å². The van der Waals surface area contributed by atoms with Gasteiger partial charge in [0.05, 0.1) is 23.4 Å². The van der Waals surface area contributed by atoms with Gasteiger partial charge in [-0.2, -0.15) is 0 Å². The highest BCUT2D eigenvalue weighted by Crippen LogP contribution is 2.31. The van der Waals surface area contributed by atoms with E-state index in [0.29, 0.717) is 6.04 Å². The van der Waals surface area contributed by atoms with Crippen LogP contribution < -0.4 is 10.2 Å². The van der Waals surface area contributed by atoms with Crippen molar-refractivity contribution >= 4 is 17.3 Å². The highest BCUT2D eigenvalue weighted by atomic mass is 35.5. The van der Waals surface area contributed by atoms with Crippen molar-refractivity contribution in [3.8, 4) is 0 Å². The van der Waals surface area contributed by atoms with Crippen LogP contribution in [0.25, 0.3) is 0 Å². The van der Waals surface area contributed by atoms with E-state index in [2.05, 4.69) is 30.3 Å². The summed E-state index contributed by atoms with van der Waals surface area (Å²) in [7, 11) is 2.11. The lowest BCUT2D eigenvalue weighted by molar-refractivity contribution is 0.193. The van der Waals surface area contributed by atoms with E-state index in [0.717, 1.165) is 43.4 Å². The molecular formula is C14H21ClN2O. The third-order valence-corrected chi connectivity index (χ3v) is 3.75. The second-order valence-corrected chi connectivity index (χ2v) is 5.06. The zero-order valence-electron chi connectivity index (χ0n) is 11.1. The molecule has 0 aliphatic carbocycles. The molecular weight excluding hydrogens is 248 g/mol. The van der Waals surface area contributed by atoms with Crippen molar-refractivity contribution < 1.29 is 4.74 Å². The Bertz CT molecular complexity index is 391. The van der Waals surface area contributed by atoms with Crippen LogP contribution in [-0.2, 0) is 11.3 Å². The number of hydrogen-bond donors (Lipinski definition) is 1. The van der Waals surface area contributed by atoms with Gasteiger partial charge in [-0.3, -0.25) is 0 Å². The first-order valence-electron chi connectivity index (χ1n) is 6.52. The maximum atomic E-state index is 6.37. The Hall–Kier alpha value is -0.770. The lowest BCUT2D eigenvalue weighted by Crippen LogP contribution is -2.33. The van der Waals surface area contributed by atoms with Gasteiger partial charge in [0.25, 0.3) is 0 Å². The SMILES string of the molecule is CCNCc1cccc(Cl)c1N(C)C1CCOC1. The largest absolute Gasteiger partial charge is 0.379 e. The summed E-state index contributed by atoms with van der Waals surface area (Å²) in [4.78, 5) is 2.27. The van der Waals surface area contributed by atoms with E-state index < -0.39 is 0 Å². The van der Waals surface area contributed by atoms with Crippen molar-refractivity contribution in [3.05, 3.63) is 28.8 Å². The lowest BCUT2D eigenvalue weighted by atomic mass is 10.1. The molecule has 0 spiro atoms. The molecule has 1 aliphatic heterocycles. The summed E-state index contributed by atoms with van der Waals surface area (Å²) < 4.78 is 5.46. The number of para-hydroxylation sites is 1. The summed E-state index contributed by atoms with van der Waals surface area (Å²) in [6, 6.07) is 6.54. The van der Waals surface area contributed by atoms with Gasteiger partial charge in [-0.15, -0.1) is 0 Å². The fourth-order valence-corrected chi connectivity index (χ4v) is 2.69. The first kappa shape index (κ1) is 13.7. The van der Waals surface area contributed by atoms with Crippen LogP contribution in [0.2, 0.25) is 5.02 Å². The van der Waals surface area contributed by atoms with Gasteiger partial charge in [-0.1, -0.05) is 30.7 Å². The van der Waals surface area contributed by atoms with Crippen LogP contribution in [0.5, 0.6) is 0 Å². The molecule has 0 aromatic heterocycles. The van der Waals surface area contributed by atoms with Gasteiger partial charge in [0.2, 0.25) is 0 Å². The Kier molecular flexibility index (Phi) is 4.87. The summed E-state index contributed by atoms with van der Waals surface area (Å²) in [5.41, 5.74) is 2.38. The average Bonchev–Trinajstić information content (AvgIpc) is 2.89. The van der Waals surface area contributed by atoms with Crippen molar-refractivity contribution in [1.82, 2.24) is 5.32 Å². The molecule has 1 N–H and O–H groups in total. The standard InChI is InChI=1S/C14H21ClN2O/c1-3-16-9-11-5-4-6-13(15)14(11)17(2)12-7-8-18-10-12/h4-6,12,16H,3,7-10H2,1-2H3. The molecule has 1 atom stereocenters. The van der Waals surface area contributed by atoms with Crippen LogP contribution >= 0.6 is 11.6 Å². The second-order valence-electron chi connectivity index (χ2n) is 4.66. The summed E-state index contributed by atoms with van der Waals surface area (Å²) in [5, 5.41) is 4.18. The topological polar surface area (TPSA) is 24.5 Å². The highest BCUT2D eigenvalue weighted by molar-refractivity contribution is 6.33. The van der Waals surface area contributed by atoms with Gasteiger partial charge in [0.15, 0.2) is 0 Å². The second kappa shape index (κ2) is 6.41. The zero-order valence-corrected chi connectivity index (χ0v) is 11.8. The van der Waals surface area contributed by atoms with Gasteiger partial charge in [-0.25, -0.2) is 0 Å². The quantitative estimate of drug-likeness (QED) is 0.889. The molecule has 0 amide bonds. The summed E-state index contributed by atoms with van der Waals surface area (Å²) in [5.74, 6) is 0. The lowest BCUT2D eigenvalue weighted by Gasteiger charge is -2.28. The Morgan fingerprint density at radius 3 is 3.00 bits per heavy atom. The van der Waals surface area contributed by atoms with Gasteiger partial charge >= 0.3 is 0 Å². The highest BCUT2D eigenvalue weighted by Gasteiger charge is 2.23. The summed E-state index contributed by atoms with van der Waals surface area (Å²) in [6.07, 6.45) is 1.07. The minimum absolute atomic E-state index is 0.435. The van der Waals surface area contributed by atoms with E-state index in [1.807, 2.05) is 12.1 Å². The number of hydrogen-bond acceptors (Lipinski definition) is 3. The molecule has 0 radical (unpaired) electrons. The van der Waals surface area contributed by atoms with Crippen molar-refractivity contribution in [2.24, 2.45) is 0 Å². The Labute approximate surface area is 114 Å². The van der Waals surface area contributed by atoms with E-state index in [-0.39, 0.29) is 0 Å². The number of nitrogens with one attached hydrogen (secondary N) is 1. The van der Waals surface area contributed by atoms with E-state index in [4.69, 9.17) is 16.3 Å². The minimum Gasteiger partial charge on any atom is -0.379 e. The van der Waals surface area contributed by atoms with Gasteiger partial charge in [0.1, 0.15) is 0 Å². The number of rotatable bonds is 5. The fraction of sp³-hybridized carbons (Fsp3) is 0.571. The van der Waals surface area contributed by atoms with Crippen LogP contribution in [0.3, 0.4) is 0 Å². The van der Waals surface area contributed by atoms with E-state index >= 15 is 0 Å². The van der Waals surface area contributed by atoms with Gasteiger partial charge < -0.3 is 15.0 Å². The molecule has 1 saturated heterocycles. The molecule has 1 aromatic carbocycles. The first-order valence-corrected chi connectivity index (χ1v) is 6.90. The van der Waals surface area contributed by atoms with Crippen molar-refractivity contribution in [1.29, 1.82) is 0 Å². The molecule has 2 rings (SSSR count). The van der Waals surface area contributed by atoms with Crippen molar-refractivity contribution in [2.75, 3.05) is 31.7 Å². The fourth-order valence-electron chi connectivity index (χ4n) is 2.37. The van der Waals surface area contributed by atoms with Crippen LogP contribution in [0, 0.1) is 0 Å². The molecule has 0 bridgehead atoms. The molecule has 1 aromatic rings. The monoisotopic (exact) mass is 268 g/mol. The Morgan fingerprint density at radius 2 is 2.33 bits per heavy atom. The predicted molar refractivity (Wildman–Crippen MR) is 76.5 cm³/mol. The van der Waals surface area contributed by atoms with Crippen LogP contribution in [0.4, 0.5) is 5.69 Å². The molecule has 0 saturated carbocycles. The first-order chi connectivity index (χ1) is 8.74.